The van der Waals surface area contributed by atoms with E-state index in [1.165, 1.54) is 0 Å². The molecule has 0 saturated carbocycles. The zero-order valence-electron chi connectivity index (χ0n) is 14.4. The SMILES string of the molecule is CCCO[C@H]1[C@@H](O)[C@@H](CO)O[C@@H](O[C@@H]2[C@H](O)[C@@H](O)[C@@H](O)O[C@@H]2CO)[C@@H]1O. The van der Waals surface area contributed by atoms with Gasteiger partial charge in [-0.1, -0.05) is 6.92 Å². The van der Waals surface area contributed by atoms with Crippen molar-refractivity contribution in [1.29, 1.82) is 0 Å². The summed E-state index contributed by atoms with van der Waals surface area (Å²) in [7, 11) is 0. The van der Waals surface area contributed by atoms with Crippen molar-refractivity contribution in [3.05, 3.63) is 0 Å². The van der Waals surface area contributed by atoms with E-state index in [-0.39, 0.29) is 6.61 Å². The Morgan fingerprint density at radius 1 is 0.769 bits per heavy atom. The third kappa shape index (κ3) is 4.51. The van der Waals surface area contributed by atoms with Gasteiger partial charge >= 0.3 is 0 Å². The molecule has 26 heavy (non-hydrogen) atoms. The number of hydrogen-bond acceptors (Lipinski definition) is 11. The maximum absolute atomic E-state index is 10.4. The van der Waals surface area contributed by atoms with Crippen LogP contribution in [-0.2, 0) is 18.9 Å². The van der Waals surface area contributed by atoms with Gasteiger partial charge in [0.15, 0.2) is 12.6 Å². The molecule has 2 aliphatic rings. The normalized spacial score (nSPS) is 47.1. The fourth-order valence-corrected chi connectivity index (χ4v) is 3.01. The first kappa shape index (κ1) is 21.9. The van der Waals surface area contributed by atoms with Crippen LogP contribution in [0.2, 0.25) is 0 Å². The van der Waals surface area contributed by atoms with Crippen molar-refractivity contribution in [1.82, 2.24) is 0 Å². The summed E-state index contributed by atoms with van der Waals surface area (Å²) < 4.78 is 21.2. The average Bonchev–Trinajstić information content (AvgIpc) is 2.63. The lowest BCUT2D eigenvalue weighted by Gasteiger charge is -2.46. The van der Waals surface area contributed by atoms with Crippen molar-refractivity contribution in [2.24, 2.45) is 0 Å². The maximum Gasteiger partial charge on any atom is 0.187 e. The van der Waals surface area contributed by atoms with Gasteiger partial charge in [0.25, 0.3) is 0 Å². The zero-order valence-corrected chi connectivity index (χ0v) is 14.4. The van der Waals surface area contributed by atoms with Gasteiger partial charge in [-0.05, 0) is 6.42 Å². The Labute approximate surface area is 150 Å². The van der Waals surface area contributed by atoms with Crippen molar-refractivity contribution in [2.45, 2.75) is 74.8 Å². The molecule has 0 amide bonds. The maximum atomic E-state index is 10.4. The highest BCUT2D eigenvalue weighted by Gasteiger charge is 2.50. The summed E-state index contributed by atoms with van der Waals surface area (Å²) in [5, 5.41) is 68.7. The number of rotatable bonds is 7. The largest absolute Gasteiger partial charge is 0.394 e. The summed E-state index contributed by atoms with van der Waals surface area (Å²) >= 11 is 0. The van der Waals surface area contributed by atoms with Gasteiger partial charge in [-0.2, -0.15) is 0 Å². The molecule has 7 N–H and O–H groups in total. The van der Waals surface area contributed by atoms with Crippen molar-refractivity contribution >= 4 is 0 Å². The van der Waals surface area contributed by atoms with Gasteiger partial charge < -0.3 is 54.7 Å². The van der Waals surface area contributed by atoms with Crippen molar-refractivity contribution in [2.75, 3.05) is 19.8 Å². The minimum Gasteiger partial charge on any atom is -0.394 e. The summed E-state index contributed by atoms with van der Waals surface area (Å²) in [4.78, 5) is 0. The monoisotopic (exact) mass is 384 g/mol. The standard InChI is InChI=1S/C15H28O11/c1-2-3-23-13-8(18)6(4-16)25-15(11(13)21)26-12-7(5-17)24-14(22)10(20)9(12)19/h6-22H,2-5H2,1H3/t6-,7-,8+,9-,10-,11-,12+,13+,14+,15+/m1/s1. The van der Waals surface area contributed by atoms with Crippen molar-refractivity contribution in [3.8, 4) is 0 Å². The predicted molar refractivity (Wildman–Crippen MR) is 82.6 cm³/mol. The average molecular weight is 384 g/mol. The van der Waals surface area contributed by atoms with Crippen molar-refractivity contribution in [3.63, 3.8) is 0 Å². The summed E-state index contributed by atoms with van der Waals surface area (Å²) in [6.45, 7) is 0.858. The summed E-state index contributed by atoms with van der Waals surface area (Å²) in [6, 6.07) is 0. The van der Waals surface area contributed by atoms with Crippen LogP contribution >= 0.6 is 0 Å². The van der Waals surface area contributed by atoms with Crippen LogP contribution < -0.4 is 0 Å². The molecule has 0 aromatic carbocycles. The molecule has 2 aliphatic heterocycles. The van der Waals surface area contributed by atoms with E-state index in [0.29, 0.717) is 6.42 Å². The fraction of sp³-hybridized carbons (Fsp3) is 1.00. The van der Waals surface area contributed by atoms with Crippen LogP contribution in [0.5, 0.6) is 0 Å². The van der Waals surface area contributed by atoms with Gasteiger partial charge in [0.05, 0.1) is 13.2 Å². The highest BCUT2D eigenvalue weighted by atomic mass is 16.7. The quantitative estimate of drug-likeness (QED) is 0.228. The first-order chi connectivity index (χ1) is 12.3. The molecule has 2 saturated heterocycles. The smallest absolute Gasteiger partial charge is 0.187 e. The van der Waals surface area contributed by atoms with Crippen LogP contribution in [0.15, 0.2) is 0 Å². The van der Waals surface area contributed by atoms with E-state index in [0.717, 1.165) is 0 Å². The number of hydrogen-bond donors (Lipinski definition) is 7. The molecule has 154 valence electrons. The molecule has 2 fully saturated rings. The molecule has 11 nitrogen and oxygen atoms in total. The highest BCUT2D eigenvalue weighted by Crippen LogP contribution is 2.29. The summed E-state index contributed by atoms with van der Waals surface area (Å²) in [5.74, 6) is 0. The van der Waals surface area contributed by atoms with Crippen LogP contribution in [0.3, 0.4) is 0 Å². The van der Waals surface area contributed by atoms with Gasteiger partial charge in [0, 0.05) is 6.61 Å². The molecule has 0 spiro atoms. The van der Waals surface area contributed by atoms with Crippen LogP contribution in [0.25, 0.3) is 0 Å². The second-order valence-electron chi connectivity index (χ2n) is 6.37. The van der Waals surface area contributed by atoms with Gasteiger partial charge in [-0.15, -0.1) is 0 Å². The molecule has 11 heteroatoms. The molecule has 2 heterocycles. The molecule has 0 aliphatic carbocycles. The lowest BCUT2D eigenvalue weighted by atomic mass is 9.97. The van der Waals surface area contributed by atoms with E-state index >= 15 is 0 Å². The molecule has 2 rings (SSSR count). The van der Waals surface area contributed by atoms with Gasteiger partial charge in [0.2, 0.25) is 0 Å². The Morgan fingerprint density at radius 2 is 1.42 bits per heavy atom. The molecular formula is C15H28O11. The molecule has 0 aromatic heterocycles. The van der Waals surface area contributed by atoms with Crippen molar-refractivity contribution < 1.29 is 54.7 Å². The third-order valence-electron chi connectivity index (χ3n) is 4.47. The lowest BCUT2D eigenvalue weighted by molar-refractivity contribution is -0.357. The number of aliphatic hydroxyl groups is 7. The molecular weight excluding hydrogens is 356 g/mol. The number of aliphatic hydroxyl groups excluding tert-OH is 7. The zero-order chi connectivity index (χ0) is 19.4. The van der Waals surface area contributed by atoms with E-state index in [4.69, 9.17) is 18.9 Å². The van der Waals surface area contributed by atoms with E-state index in [9.17, 15) is 35.7 Å². The lowest BCUT2D eigenvalue weighted by Crippen LogP contribution is -2.64. The Balaban J connectivity index is 2.14. The minimum atomic E-state index is -1.72. The van der Waals surface area contributed by atoms with Gasteiger partial charge in [0.1, 0.15) is 48.8 Å². The minimum absolute atomic E-state index is 0.239. The van der Waals surface area contributed by atoms with E-state index in [2.05, 4.69) is 0 Å². The summed E-state index contributed by atoms with van der Waals surface area (Å²) in [5.41, 5.74) is 0. The second-order valence-corrected chi connectivity index (χ2v) is 6.37. The first-order valence-corrected chi connectivity index (χ1v) is 8.55. The van der Waals surface area contributed by atoms with Crippen LogP contribution in [0.4, 0.5) is 0 Å². The Hall–Kier alpha value is -0.440. The van der Waals surface area contributed by atoms with E-state index in [1.54, 1.807) is 0 Å². The molecule has 0 unspecified atom stereocenters. The van der Waals surface area contributed by atoms with Crippen LogP contribution in [0.1, 0.15) is 13.3 Å². The second kappa shape index (κ2) is 9.66. The highest BCUT2D eigenvalue weighted by molar-refractivity contribution is 4.94. The Morgan fingerprint density at radius 3 is 2.00 bits per heavy atom. The van der Waals surface area contributed by atoms with E-state index < -0.39 is 74.6 Å². The first-order valence-electron chi connectivity index (χ1n) is 8.55. The van der Waals surface area contributed by atoms with E-state index in [1.807, 2.05) is 6.92 Å². The van der Waals surface area contributed by atoms with Gasteiger partial charge in [-0.25, -0.2) is 0 Å². The third-order valence-corrected chi connectivity index (χ3v) is 4.47. The molecule has 10 atom stereocenters. The van der Waals surface area contributed by atoms with Crippen LogP contribution in [0, 0.1) is 0 Å². The Bertz CT molecular complexity index is 422. The molecule has 0 bridgehead atoms. The van der Waals surface area contributed by atoms with Gasteiger partial charge in [-0.3, -0.25) is 0 Å². The number of ether oxygens (including phenoxy) is 4. The topological polar surface area (TPSA) is 179 Å². The molecule has 0 radical (unpaired) electrons. The van der Waals surface area contributed by atoms with Crippen LogP contribution in [-0.4, -0.2) is 117 Å². The fourth-order valence-electron chi connectivity index (χ4n) is 3.01. The predicted octanol–water partition coefficient (Wildman–Crippen LogP) is -3.96. The summed E-state index contributed by atoms with van der Waals surface area (Å²) in [6.07, 6.45) is -13.4. The molecule has 0 aromatic rings. The Kier molecular flexibility index (Phi) is 8.12.